The Morgan fingerprint density at radius 1 is 1.08 bits per heavy atom. The Kier molecular flexibility index (Phi) is 4.19. The van der Waals surface area contributed by atoms with Gasteiger partial charge in [0.15, 0.2) is 5.96 Å². The second-order valence-corrected chi connectivity index (χ2v) is 5.78. The number of carbonyl (C=O) groups excluding carboxylic acids is 1. The summed E-state index contributed by atoms with van der Waals surface area (Å²) in [6, 6.07) is 11.3. The van der Waals surface area contributed by atoms with Crippen molar-refractivity contribution in [1.29, 1.82) is 0 Å². The first-order chi connectivity index (χ1) is 11.9. The third kappa shape index (κ3) is 3.19. The van der Waals surface area contributed by atoms with Crippen molar-refractivity contribution < 1.29 is 9.18 Å². The number of guanidine groups is 1. The van der Waals surface area contributed by atoms with Gasteiger partial charge in [-0.15, -0.1) is 0 Å². The molecular formula is C19H17FN4O. The van der Waals surface area contributed by atoms with Crippen molar-refractivity contribution in [2.75, 3.05) is 0 Å². The van der Waals surface area contributed by atoms with E-state index < -0.39 is 5.91 Å². The fourth-order valence-electron chi connectivity index (χ4n) is 2.78. The number of aliphatic imine (C=N–C) groups is 1. The standard InChI is InChI=1S/C19H17FN4O/c1-10-11(2)23-16-8-5-13(18(25)24-19(21)22)9-15(16)17(10)12-3-6-14(20)7-4-12/h3-9H,1-2H3,(H4,21,22,24,25). The maximum Gasteiger partial charge on any atom is 0.280 e. The number of nitrogens with zero attached hydrogens (tertiary/aromatic N) is 2. The fraction of sp³-hybridized carbons (Fsp3) is 0.105. The number of amides is 1. The zero-order chi connectivity index (χ0) is 18.1. The molecule has 0 aliphatic rings. The molecule has 0 aliphatic heterocycles. The molecule has 0 bridgehead atoms. The van der Waals surface area contributed by atoms with Crippen LogP contribution in [0.3, 0.4) is 0 Å². The van der Waals surface area contributed by atoms with E-state index in [1.807, 2.05) is 13.8 Å². The van der Waals surface area contributed by atoms with Crippen molar-refractivity contribution in [3.63, 3.8) is 0 Å². The van der Waals surface area contributed by atoms with Gasteiger partial charge in [-0.2, -0.15) is 4.99 Å². The third-order valence-electron chi connectivity index (χ3n) is 4.08. The molecule has 3 rings (SSSR count). The molecule has 0 atom stereocenters. The SMILES string of the molecule is Cc1nc2ccc(C(=O)N=C(N)N)cc2c(-c2ccc(F)cc2)c1C. The lowest BCUT2D eigenvalue weighted by atomic mass is 9.94. The van der Waals surface area contributed by atoms with Crippen molar-refractivity contribution in [2.45, 2.75) is 13.8 Å². The van der Waals surface area contributed by atoms with Gasteiger partial charge in [0.1, 0.15) is 5.82 Å². The van der Waals surface area contributed by atoms with Gasteiger partial charge in [-0.05, 0) is 60.9 Å². The summed E-state index contributed by atoms with van der Waals surface area (Å²) in [6.07, 6.45) is 0. The second kappa shape index (κ2) is 6.32. The number of benzene rings is 2. The van der Waals surface area contributed by atoms with E-state index in [0.717, 1.165) is 33.3 Å². The number of nitrogens with two attached hydrogens (primary N) is 2. The Morgan fingerprint density at radius 2 is 1.76 bits per heavy atom. The monoisotopic (exact) mass is 336 g/mol. The summed E-state index contributed by atoms with van der Waals surface area (Å²) in [5, 5.41) is 0.784. The zero-order valence-electron chi connectivity index (χ0n) is 13.9. The van der Waals surface area contributed by atoms with E-state index in [1.54, 1.807) is 30.3 Å². The van der Waals surface area contributed by atoms with Gasteiger partial charge in [0.05, 0.1) is 5.52 Å². The molecule has 126 valence electrons. The van der Waals surface area contributed by atoms with Crippen molar-refractivity contribution >= 4 is 22.8 Å². The molecule has 0 spiro atoms. The predicted molar refractivity (Wildman–Crippen MR) is 96.8 cm³/mol. The minimum atomic E-state index is -0.523. The van der Waals surface area contributed by atoms with Gasteiger partial charge in [-0.25, -0.2) is 4.39 Å². The van der Waals surface area contributed by atoms with Crippen LogP contribution in [-0.2, 0) is 0 Å². The van der Waals surface area contributed by atoms with Crippen LogP contribution >= 0.6 is 0 Å². The van der Waals surface area contributed by atoms with Crippen LogP contribution in [0.25, 0.3) is 22.0 Å². The van der Waals surface area contributed by atoms with Gasteiger partial charge in [-0.1, -0.05) is 12.1 Å². The Hall–Kier alpha value is -3.28. The van der Waals surface area contributed by atoms with Crippen LogP contribution in [0.5, 0.6) is 0 Å². The average Bonchev–Trinajstić information content (AvgIpc) is 2.56. The highest BCUT2D eigenvalue weighted by Crippen LogP contribution is 2.33. The van der Waals surface area contributed by atoms with E-state index in [-0.39, 0.29) is 11.8 Å². The Bertz CT molecular complexity index is 1010. The highest BCUT2D eigenvalue weighted by atomic mass is 19.1. The maximum absolute atomic E-state index is 13.3. The molecule has 3 aromatic rings. The first-order valence-electron chi connectivity index (χ1n) is 7.67. The largest absolute Gasteiger partial charge is 0.370 e. The van der Waals surface area contributed by atoms with Crippen LogP contribution in [-0.4, -0.2) is 16.9 Å². The number of halogens is 1. The molecular weight excluding hydrogens is 319 g/mol. The molecule has 4 N–H and O–H groups in total. The molecule has 2 aromatic carbocycles. The highest BCUT2D eigenvalue weighted by molar-refractivity contribution is 6.06. The fourth-order valence-corrected chi connectivity index (χ4v) is 2.78. The summed E-state index contributed by atoms with van der Waals surface area (Å²) in [5.74, 6) is -1.12. The van der Waals surface area contributed by atoms with E-state index in [1.165, 1.54) is 12.1 Å². The van der Waals surface area contributed by atoms with Gasteiger partial charge in [0, 0.05) is 16.6 Å². The topological polar surface area (TPSA) is 94.4 Å². The van der Waals surface area contributed by atoms with E-state index in [9.17, 15) is 9.18 Å². The van der Waals surface area contributed by atoms with Crippen molar-refractivity contribution in [1.82, 2.24) is 4.98 Å². The first kappa shape index (κ1) is 16.6. The van der Waals surface area contributed by atoms with Gasteiger partial charge in [-0.3, -0.25) is 9.78 Å². The summed E-state index contributed by atoms with van der Waals surface area (Å²) in [7, 11) is 0. The third-order valence-corrected chi connectivity index (χ3v) is 4.08. The molecule has 0 fully saturated rings. The van der Waals surface area contributed by atoms with Gasteiger partial charge < -0.3 is 11.5 Å². The minimum absolute atomic E-state index is 0.290. The first-order valence-corrected chi connectivity index (χ1v) is 7.67. The Balaban J connectivity index is 2.29. The Morgan fingerprint density at radius 3 is 2.40 bits per heavy atom. The summed E-state index contributed by atoms with van der Waals surface area (Å²) in [4.78, 5) is 20.3. The van der Waals surface area contributed by atoms with Crippen LogP contribution in [0.2, 0.25) is 0 Å². The van der Waals surface area contributed by atoms with Gasteiger partial charge >= 0.3 is 0 Å². The quantitative estimate of drug-likeness (QED) is 0.555. The van der Waals surface area contributed by atoms with Crippen molar-refractivity contribution in [3.05, 3.63) is 65.1 Å². The van der Waals surface area contributed by atoms with E-state index in [2.05, 4.69) is 9.98 Å². The van der Waals surface area contributed by atoms with Crippen LogP contribution in [0.4, 0.5) is 4.39 Å². The number of hydrogen-bond acceptors (Lipinski definition) is 2. The van der Waals surface area contributed by atoms with E-state index in [4.69, 9.17) is 11.5 Å². The van der Waals surface area contributed by atoms with Crippen LogP contribution in [0.15, 0.2) is 47.5 Å². The summed E-state index contributed by atoms with van der Waals surface area (Å²) in [6.45, 7) is 3.87. The maximum atomic E-state index is 13.3. The van der Waals surface area contributed by atoms with Gasteiger partial charge in [0.25, 0.3) is 5.91 Å². The number of carbonyl (C=O) groups is 1. The Labute approximate surface area is 144 Å². The number of hydrogen-bond donors (Lipinski definition) is 2. The number of aryl methyl sites for hydroxylation is 1. The van der Waals surface area contributed by atoms with Gasteiger partial charge in [0.2, 0.25) is 0 Å². The molecule has 5 nitrogen and oxygen atoms in total. The molecule has 1 heterocycles. The van der Waals surface area contributed by atoms with Crippen LogP contribution in [0, 0.1) is 19.7 Å². The van der Waals surface area contributed by atoms with Crippen molar-refractivity contribution in [2.24, 2.45) is 16.5 Å². The normalized spacial score (nSPS) is 10.7. The molecule has 25 heavy (non-hydrogen) atoms. The lowest BCUT2D eigenvalue weighted by Crippen LogP contribution is -2.24. The van der Waals surface area contributed by atoms with Crippen LogP contribution in [0.1, 0.15) is 21.6 Å². The average molecular weight is 336 g/mol. The number of fused-ring (bicyclic) bond motifs is 1. The number of pyridine rings is 1. The summed E-state index contributed by atoms with van der Waals surface area (Å²) in [5.41, 5.74) is 15.2. The lowest BCUT2D eigenvalue weighted by molar-refractivity contribution is 0.100. The molecule has 0 saturated heterocycles. The zero-order valence-corrected chi connectivity index (χ0v) is 13.9. The molecule has 0 unspecified atom stereocenters. The molecule has 0 saturated carbocycles. The lowest BCUT2D eigenvalue weighted by Gasteiger charge is -2.13. The molecule has 0 radical (unpaired) electrons. The highest BCUT2D eigenvalue weighted by Gasteiger charge is 2.14. The van der Waals surface area contributed by atoms with E-state index in [0.29, 0.717) is 5.56 Å². The van der Waals surface area contributed by atoms with Crippen molar-refractivity contribution in [3.8, 4) is 11.1 Å². The van der Waals surface area contributed by atoms with Crippen LogP contribution < -0.4 is 11.5 Å². The summed E-state index contributed by atoms with van der Waals surface area (Å²) >= 11 is 0. The number of aromatic nitrogens is 1. The molecule has 6 heteroatoms. The molecule has 0 aliphatic carbocycles. The second-order valence-electron chi connectivity index (χ2n) is 5.78. The minimum Gasteiger partial charge on any atom is -0.370 e. The van der Waals surface area contributed by atoms with E-state index >= 15 is 0 Å². The number of rotatable bonds is 2. The summed E-state index contributed by atoms with van der Waals surface area (Å²) < 4.78 is 13.3. The molecule has 1 aromatic heterocycles. The predicted octanol–water partition coefficient (Wildman–Crippen LogP) is 3.07. The molecule has 1 amide bonds. The smallest absolute Gasteiger partial charge is 0.280 e.